The number of aromatic amines is 2. The fourth-order valence-electron chi connectivity index (χ4n) is 4.85. The van der Waals surface area contributed by atoms with E-state index in [0.29, 0.717) is 5.56 Å². The summed E-state index contributed by atoms with van der Waals surface area (Å²) in [5.41, 5.74) is -1.60. The number of H-pyrrole nitrogens is 2. The molecule has 0 fully saturated rings. The summed E-state index contributed by atoms with van der Waals surface area (Å²) in [6.07, 6.45) is 0.502. The zero-order valence-electron chi connectivity index (χ0n) is 23.0. The maximum Gasteiger partial charge on any atom is 0.310 e. The smallest absolute Gasteiger partial charge is 0.310 e. The normalized spacial score (nSPS) is 14.1. The van der Waals surface area contributed by atoms with Gasteiger partial charge in [0.25, 0.3) is 6.43 Å². The first-order chi connectivity index (χ1) is 20.2. The highest BCUT2D eigenvalue weighted by Gasteiger charge is 2.41. The largest absolute Gasteiger partial charge is 0.481 e. The van der Waals surface area contributed by atoms with Crippen LogP contribution in [0.4, 0.5) is 17.6 Å². The number of carbonyl (C=O) groups is 1. The fraction of sp³-hybridized carbons (Fsp3) is 0.200. The lowest BCUT2D eigenvalue weighted by Crippen LogP contribution is -2.33. The number of sulfone groups is 1. The molecule has 0 aliphatic heterocycles. The monoisotopic (exact) mass is 615 g/mol. The van der Waals surface area contributed by atoms with E-state index in [0.717, 1.165) is 36.7 Å². The van der Waals surface area contributed by atoms with E-state index in [1.165, 1.54) is 50.4 Å². The van der Waals surface area contributed by atoms with Gasteiger partial charge < -0.3 is 19.8 Å². The van der Waals surface area contributed by atoms with Crippen LogP contribution in [0.1, 0.15) is 36.6 Å². The van der Waals surface area contributed by atoms with E-state index in [4.69, 9.17) is 4.74 Å². The molecule has 8 nitrogen and oxygen atoms in total. The van der Waals surface area contributed by atoms with Crippen molar-refractivity contribution >= 4 is 26.7 Å². The van der Waals surface area contributed by atoms with Gasteiger partial charge in [0.15, 0.2) is 21.4 Å². The van der Waals surface area contributed by atoms with Crippen LogP contribution in [-0.2, 0) is 20.0 Å². The molecular weight excluding hydrogens is 590 g/mol. The van der Waals surface area contributed by atoms with E-state index in [2.05, 4.69) is 15.0 Å². The molecule has 2 atom stereocenters. The number of benzene rings is 3. The number of rotatable bonds is 9. The van der Waals surface area contributed by atoms with E-state index in [1.54, 1.807) is 0 Å². The molecular formula is C30H25F4N3O5S. The van der Waals surface area contributed by atoms with Crippen LogP contribution in [0, 0.1) is 11.6 Å². The van der Waals surface area contributed by atoms with Crippen LogP contribution >= 0.6 is 0 Å². The minimum absolute atomic E-state index is 0.0772. The number of ether oxygens (including phenoxy) is 1. The summed E-state index contributed by atoms with van der Waals surface area (Å²) in [4.78, 5) is 20.7. The van der Waals surface area contributed by atoms with E-state index < -0.39 is 55.8 Å². The molecule has 3 N–H and O–H groups in total. The van der Waals surface area contributed by atoms with Gasteiger partial charge in [0.1, 0.15) is 22.3 Å². The third-order valence-corrected chi connectivity index (χ3v) is 8.58. The number of aromatic nitrogens is 3. The van der Waals surface area contributed by atoms with Crippen LogP contribution in [0.5, 0.6) is 11.5 Å². The molecule has 2 unspecified atom stereocenters. The number of nitrogens with zero attached hydrogens (tertiary/aromatic N) is 1. The Kier molecular flexibility index (Phi) is 7.55. The van der Waals surface area contributed by atoms with Crippen LogP contribution in [-0.4, -0.2) is 47.1 Å². The number of hydrogen-bond donors (Lipinski definition) is 3. The zero-order chi connectivity index (χ0) is 31.3. The molecule has 0 amide bonds. The quantitative estimate of drug-likeness (QED) is 0.157. The first-order valence-corrected chi connectivity index (χ1v) is 14.7. The molecule has 0 saturated heterocycles. The van der Waals surface area contributed by atoms with Crippen LogP contribution in [0.15, 0.2) is 71.9 Å². The molecule has 13 heteroatoms. The van der Waals surface area contributed by atoms with Crippen molar-refractivity contribution in [1.29, 1.82) is 0 Å². The molecule has 0 aliphatic rings. The molecule has 2 heterocycles. The summed E-state index contributed by atoms with van der Waals surface area (Å²) in [5, 5.41) is 9.57. The van der Waals surface area contributed by atoms with Gasteiger partial charge in [-0.15, -0.1) is 0 Å². The number of nitrogens with one attached hydrogen (secondary N) is 2. The summed E-state index contributed by atoms with van der Waals surface area (Å²) in [6, 6.07) is 11.6. The Balaban J connectivity index is 1.55. The minimum atomic E-state index is -3.99. The number of carboxylic acids is 1. The van der Waals surface area contributed by atoms with Crippen molar-refractivity contribution < 1.29 is 40.6 Å². The van der Waals surface area contributed by atoms with Gasteiger partial charge in [-0.3, -0.25) is 4.79 Å². The first kappa shape index (κ1) is 29.8. The van der Waals surface area contributed by atoms with Crippen molar-refractivity contribution in [3.05, 3.63) is 95.4 Å². The second-order valence-electron chi connectivity index (χ2n) is 10.3. The average molecular weight is 616 g/mol. The predicted octanol–water partition coefficient (Wildman–Crippen LogP) is 6.79. The molecule has 5 rings (SSSR count). The molecule has 0 radical (unpaired) electrons. The van der Waals surface area contributed by atoms with Gasteiger partial charge in [-0.25, -0.2) is 31.0 Å². The van der Waals surface area contributed by atoms with Crippen molar-refractivity contribution in [2.75, 3.05) is 6.26 Å². The van der Waals surface area contributed by atoms with Crippen LogP contribution in [0.2, 0.25) is 0 Å². The van der Waals surface area contributed by atoms with Gasteiger partial charge in [0, 0.05) is 35.6 Å². The standard InChI is InChI=1S/C30H25F4N3O5S/c1-15(28(38)39)16-5-4-6-17(11-16)30(2,29(33)34)24-14-36-27(37-24)20-12-18(7-8-21(20)31)42-25-22(32)13-23-19(9-10-35-23)26(25)43(3,40)41/h4-15,29,35H,1-3H3,(H,36,37)(H,38,39). The summed E-state index contributed by atoms with van der Waals surface area (Å²) in [6.45, 7) is 2.69. The average Bonchev–Trinajstić information content (AvgIpc) is 3.63. The van der Waals surface area contributed by atoms with Gasteiger partial charge in [0.05, 0.1) is 22.6 Å². The van der Waals surface area contributed by atoms with Gasteiger partial charge >= 0.3 is 5.97 Å². The number of alkyl halides is 2. The Morgan fingerprint density at radius 2 is 1.81 bits per heavy atom. The predicted molar refractivity (Wildman–Crippen MR) is 150 cm³/mol. The molecule has 43 heavy (non-hydrogen) atoms. The van der Waals surface area contributed by atoms with Gasteiger partial charge in [-0.1, -0.05) is 24.3 Å². The second-order valence-corrected chi connectivity index (χ2v) is 12.3. The maximum absolute atomic E-state index is 15.1. The molecule has 0 saturated carbocycles. The Hall–Kier alpha value is -4.65. The van der Waals surface area contributed by atoms with E-state index in [1.807, 2.05) is 0 Å². The fourth-order valence-corrected chi connectivity index (χ4v) is 5.90. The Labute approximate surface area is 243 Å². The highest BCUT2D eigenvalue weighted by atomic mass is 32.2. The Morgan fingerprint density at radius 1 is 1.07 bits per heavy atom. The summed E-state index contributed by atoms with van der Waals surface area (Å²) in [5.74, 6) is -4.73. The van der Waals surface area contributed by atoms with E-state index in [9.17, 15) is 27.1 Å². The van der Waals surface area contributed by atoms with Crippen molar-refractivity contribution in [2.24, 2.45) is 0 Å². The van der Waals surface area contributed by atoms with E-state index >= 15 is 8.78 Å². The van der Waals surface area contributed by atoms with Crippen LogP contribution < -0.4 is 4.74 Å². The maximum atomic E-state index is 15.1. The lowest BCUT2D eigenvalue weighted by Gasteiger charge is -2.29. The van der Waals surface area contributed by atoms with Crippen LogP contribution in [0.25, 0.3) is 22.3 Å². The number of carboxylic acid groups (broad SMARTS) is 1. The number of hydrogen-bond acceptors (Lipinski definition) is 5. The molecule has 0 spiro atoms. The summed E-state index contributed by atoms with van der Waals surface area (Å²) < 4.78 is 90.2. The lowest BCUT2D eigenvalue weighted by molar-refractivity contribution is -0.138. The van der Waals surface area contributed by atoms with Crippen LogP contribution in [0.3, 0.4) is 0 Å². The Morgan fingerprint density at radius 3 is 2.49 bits per heavy atom. The number of imidazole rings is 1. The zero-order valence-corrected chi connectivity index (χ0v) is 23.8. The molecule has 224 valence electrons. The topological polar surface area (TPSA) is 125 Å². The SMILES string of the molecule is CC(C(=O)O)c1cccc(C(C)(c2cnc(-c3cc(Oc4c(F)cc5[nH]ccc5c4S(C)(=O)=O)ccc3F)[nH]2)C(F)F)c1. The minimum Gasteiger partial charge on any atom is -0.481 e. The van der Waals surface area contributed by atoms with Crippen molar-refractivity contribution in [1.82, 2.24) is 15.0 Å². The lowest BCUT2D eigenvalue weighted by atomic mass is 9.78. The summed E-state index contributed by atoms with van der Waals surface area (Å²) >= 11 is 0. The second kappa shape index (κ2) is 10.9. The van der Waals surface area contributed by atoms with Crippen molar-refractivity contribution in [3.63, 3.8) is 0 Å². The molecule has 3 aromatic carbocycles. The van der Waals surface area contributed by atoms with Crippen molar-refractivity contribution in [3.8, 4) is 22.9 Å². The molecule has 0 bridgehead atoms. The van der Waals surface area contributed by atoms with E-state index in [-0.39, 0.29) is 39.3 Å². The molecule has 2 aromatic heterocycles. The third-order valence-electron chi connectivity index (χ3n) is 7.43. The third kappa shape index (κ3) is 5.36. The van der Waals surface area contributed by atoms with Crippen molar-refractivity contribution in [2.45, 2.75) is 36.5 Å². The highest BCUT2D eigenvalue weighted by Crippen LogP contribution is 2.41. The summed E-state index contributed by atoms with van der Waals surface area (Å²) in [7, 11) is -3.99. The number of aliphatic carboxylic acids is 1. The number of halogens is 4. The number of fused-ring (bicyclic) bond motifs is 1. The van der Waals surface area contributed by atoms with Gasteiger partial charge in [0.2, 0.25) is 0 Å². The molecule has 0 aliphatic carbocycles. The van der Waals surface area contributed by atoms with Gasteiger partial charge in [-0.2, -0.15) is 0 Å². The first-order valence-electron chi connectivity index (χ1n) is 12.9. The van der Waals surface area contributed by atoms with Gasteiger partial charge in [-0.05, 0) is 49.2 Å². The highest BCUT2D eigenvalue weighted by molar-refractivity contribution is 7.91. The Bertz CT molecular complexity index is 1970. The molecule has 5 aromatic rings.